The Kier molecular flexibility index (Phi) is 9.56. The molecule has 0 bridgehead atoms. The Hall–Kier alpha value is -3.02. The van der Waals surface area contributed by atoms with E-state index in [1.54, 1.807) is 6.92 Å². The van der Waals surface area contributed by atoms with Crippen LogP contribution in [0, 0.1) is 0 Å². The maximum absolute atomic E-state index is 11.9. The van der Waals surface area contributed by atoms with Crippen molar-refractivity contribution in [2.24, 2.45) is 0 Å². The van der Waals surface area contributed by atoms with Crippen molar-refractivity contribution in [2.45, 2.75) is 37.8 Å². The van der Waals surface area contributed by atoms with Crippen molar-refractivity contribution in [3.8, 4) is 0 Å². The standard InChI is InChI=1S/C14H21N3O.C6H8O7/c1-12(18)17(13-7-5-4-6-8-13)14-9-10-15(2)16(3)11-14;7-3(8)1-6(13,5(11)12)2-4(9)10/h4-8,14H,9-11H2,1-3H3;13H,1-2H2,(H,7,8)(H,9,10)(H,11,12). The van der Waals surface area contributed by atoms with Gasteiger partial charge in [-0.15, -0.1) is 0 Å². The quantitative estimate of drug-likeness (QED) is 0.467. The number of rotatable bonds is 7. The Morgan fingerprint density at radius 1 is 1.00 bits per heavy atom. The molecule has 0 aliphatic carbocycles. The molecule has 11 heteroatoms. The molecule has 31 heavy (non-hydrogen) atoms. The Bertz CT molecular complexity index is 770. The number of anilines is 1. The minimum atomic E-state index is -2.74. The summed E-state index contributed by atoms with van der Waals surface area (Å²) in [5, 5.41) is 38.2. The fourth-order valence-corrected chi connectivity index (χ4v) is 3.21. The molecule has 1 amide bonds. The first-order valence-electron chi connectivity index (χ1n) is 9.53. The first kappa shape index (κ1) is 26.0. The molecule has 4 N–H and O–H groups in total. The number of nitrogens with zero attached hydrogens (tertiary/aromatic N) is 3. The normalized spacial score (nSPS) is 17.2. The van der Waals surface area contributed by atoms with E-state index in [0.717, 1.165) is 25.2 Å². The fourth-order valence-electron chi connectivity index (χ4n) is 3.21. The summed E-state index contributed by atoms with van der Waals surface area (Å²) in [6.07, 6.45) is -1.28. The first-order chi connectivity index (χ1) is 14.4. The lowest BCUT2D eigenvalue weighted by Gasteiger charge is -2.42. The molecule has 172 valence electrons. The lowest BCUT2D eigenvalue weighted by molar-refractivity contribution is -0.170. The largest absolute Gasteiger partial charge is 0.481 e. The first-order valence-corrected chi connectivity index (χ1v) is 9.53. The zero-order valence-corrected chi connectivity index (χ0v) is 17.8. The number of aliphatic hydroxyl groups is 1. The van der Waals surface area contributed by atoms with Crippen molar-refractivity contribution in [1.29, 1.82) is 0 Å². The van der Waals surface area contributed by atoms with Crippen LogP contribution in [0.1, 0.15) is 26.2 Å². The summed E-state index contributed by atoms with van der Waals surface area (Å²) in [6.45, 7) is 3.51. The predicted molar refractivity (Wildman–Crippen MR) is 110 cm³/mol. The zero-order chi connectivity index (χ0) is 23.8. The number of hydrogen-bond acceptors (Lipinski definition) is 7. The monoisotopic (exact) mass is 439 g/mol. The summed E-state index contributed by atoms with van der Waals surface area (Å²) in [6, 6.07) is 10.2. The van der Waals surface area contributed by atoms with E-state index < -0.39 is 36.4 Å². The number of carboxylic acid groups (broad SMARTS) is 3. The van der Waals surface area contributed by atoms with Crippen molar-refractivity contribution in [3.05, 3.63) is 30.3 Å². The van der Waals surface area contributed by atoms with Gasteiger partial charge in [-0.2, -0.15) is 0 Å². The van der Waals surface area contributed by atoms with Crippen LogP contribution in [0.4, 0.5) is 5.69 Å². The van der Waals surface area contributed by atoms with Gasteiger partial charge < -0.3 is 25.3 Å². The number of para-hydroxylation sites is 1. The van der Waals surface area contributed by atoms with Gasteiger partial charge in [-0.25, -0.2) is 14.8 Å². The van der Waals surface area contributed by atoms with E-state index in [2.05, 4.69) is 24.1 Å². The molecule has 11 nitrogen and oxygen atoms in total. The second-order valence-corrected chi connectivity index (χ2v) is 7.37. The summed E-state index contributed by atoms with van der Waals surface area (Å²) in [5.41, 5.74) is -1.74. The Balaban J connectivity index is 0.000000330. The van der Waals surface area contributed by atoms with Gasteiger partial charge in [0, 0.05) is 39.8 Å². The van der Waals surface area contributed by atoms with Gasteiger partial charge in [-0.1, -0.05) is 18.2 Å². The van der Waals surface area contributed by atoms with Crippen molar-refractivity contribution >= 4 is 29.5 Å². The van der Waals surface area contributed by atoms with Crippen LogP contribution in [0.15, 0.2) is 30.3 Å². The highest BCUT2D eigenvalue weighted by Crippen LogP contribution is 2.22. The van der Waals surface area contributed by atoms with Crippen molar-refractivity contribution in [2.75, 3.05) is 32.1 Å². The maximum Gasteiger partial charge on any atom is 0.336 e. The minimum absolute atomic E-state index is 0.115. The summed E-state index contributed by atoms with van der Waals surface area (Å²) in [4.78, 5) is 44.3. The Morgan fingerprint density at radius 2 is 1.52 bits per heavy atom. The third-order valence-corrected chi connectivity index (χ3v) is 4.87. The van der Waals surface area contributed by atoms with Crippen LogP contribution in [0.5, 0.6) is 0 Å². The van der Waals surface area contributed by atoms with Gasteiger partial charge in [0.25, 0.3) is 0 Å². The smallest absolute Gasteiger partial charge is 0.336 e. The van der Waals surface area contributed by atoms with Gasteiger partial charge in [0.2, 0.25) is 5.91 Å². The highest BCUT2D eigenvalue weighted by Gasteiger charge is 2.40. The molecule has 1 saturated heterocycles. The van der Waals surface area contributed by atoms with Gasteiger partial charge in [0.1, 0.15) is 0 Å². The number of aliphatic carboxylic acids is 3. The van der Waals surface area contributed by atoms with Crippen LogP contribution in [0.3, 0.4) is 0 Å². The molecule has 1 aromatic carbocycles. The summed E-state index contributed by atoms with van der Waals surface area (Å²) >= 11 is 0. The Labute approximate surface area is 180 Å². The maximum atomic E-state index is 11.9. The highest BCUT2D eigenvalue weighted by atomic mass is 16.4. The van der Waals surface area contributed by atoms with Gasteiger partial charge in [0.05, 0.1) is 18.9 Å². The topological polar surface area (TPSA) is 159 Å². The number of benzene rings is 1. The molecule has 1 fully saturated rings. The van der Waals surface area contributed by atoms with E-state index in [1.807, 2.05) is 35.2 Å². The summed E-state index contributed by atoms with van der Waals surface area (Å²) in [7, 11) is 4.15. The highest BCUT2D eigenvalue weighted by molar-refractivity contribution is 5.92. The molecule has 1 heterocycles. The average Bonchev–Trinajstić information content (AvgIpc) is 2.64. The van der Waals surface area contributed by atoms with Crippen LogP contribution in [0.2, 0.25) is 0 Å². The minimum Gasteiger partial charge on any atom is -0.481 e. The van der Waals surface area contributed by atoms with Crippen molar-refractivity contribution in [3.63, 3.8) is 0 Å². The van der Waals surface area contributed by atoms with Gasteiger partial charge in [0.15, 0.2) is 5.60 Å². The predicted octanol–water partition coefficient (Wildman–Crippen LogP) is 0.342. The molecule has 1 unspecified atom stereocenters. The molecule has 2 rings (SSSR count). The molecule has 0 aromatic heterocycles. The average molecular weight is 439 g/mol. The number of carbonyl (C=O) groups is 4. The third-order valence-electron chi connectivity index (χ3n) is 4.87. The second-order valence-electron chi connectivity index (χ2n) is 7.37. The van der Waals surface area contributed by atoms with Gasteiger partial charge >= 0.3 is 17.9 Å². The fraction of sp³-hybridized carbons (Fsp3) is 0.500. The number of carboxylic acids is 3. The molecule has 1 aromatic rings. The molecule has 1 aliphatic rings. The number of carbonyl (C=O) groups excluding carboxylic acids is 1. The number of amides is 1. The van der Waals surface area contributed by atoms with E-state index in [1.165, 1.54) is 0 Å². The van der Waals surface area contributed by atoms with Crippen LogP contribution < -0.4 is 4.90 Å². The molecular weight excluding hydrogens is 410 g/mol. The van der Waals surface area contributed by atoms with E-state index >= 15 is 0 Å². The SMILES string of the molecule is CC(=O)N(c1ccccc1)C1CCN(C)N(C)C1.O=C(O)CC(O)(CC(=O)O)C(=O)O. The Morgan fingerprint density at radius 3 is 1.90 bits per heavy atom. The number of hydrazine groups is 1. The van der Waals surface area contributed by atoms with Crippen molar-refractivity contribution in [1.82, 2.24) is 10.0 Å². The van der Waals surface area contributed by atoms with Gasteiger partial charge in [-0.3, -0.25) is 14.4 Å². The lowest BCUT2D eigenvalue weighted by atomic mass is 9.96. The van der Waals surface area contributed by atoms with Crippen LogP contribution in [0.25, 0.3) is 0 Å². The summed E-state index contributed by atoms with van der Waals surface area (Å²) < 4.78 is 0. The van der Waals surface area contributed by atoms with Crippen LogP contribution in [-0.4, -0.2) is 93.1 Å². The van der Waals surface area contributed by atoms with Crippen LogP contribution >= 0.6 is 0 Å². The zero-order valence-electron chi connectivity index (χ0n) is 17.8. The number of hydrogen-bond donors (Lipinski definition) is 4. The van der Waals surface area contributed by atoms with E-state index in [9.17, 15) is 19.2 Å². The van der Waals surface area contributed by atoms with Crippen molar-refractivity contribution < 1.29 is 39.6 Å². The van der Waals surface area contributed by atoms with E-state index in [4.69, 9.17) is 20.4 Å². The number of likely N-dealkylation sites (N-methyl/N-ethyl adjacent to an activating group) is 1. The molecule has 0 spiro atoms. The molecule has 1 atom stereocenters. The van der Waals surface area contributed by atoms with Gasteiger partial charge in [-0.05, 0) is 18.6 Å². The second kappa shape index (κ2) is 11.4. The van der Waals surface area contributed by atoms with Crippen LogP contribution in [-0.2, 0) is 19.2 Å². The molecule has 0 saturated carbocycles. The third kappa shape index (κ3) is 7.96. The van der Waals surface area contributed by atoms with E-state index in [-0.39, 0.29) is 11.9 Å². The molecule has 0 radical (unpaired) electrons. The summed E-state index contributed by atoms with van der Waals surface area (Å²) in [5.74, 6) is -4.90. The van der Waals surface area contributed by atoms with E-state index in [0.29, 0.717) is 0 Å². The molecule has 1 aliphatic heterocycles. The lowest BCUT2D eigenvalue weighted by Crippen LogP contribution is -2.55. The molecular formula is C20H29N3O8.